The summed E-state index contributed by atoms with van der Waals surface area (Å²) in [6, 6.07) is 48.1. The zero-order chi connectivity index (χ0) is 51.3. The lowest BCUT2D eigenvalue weighted by atomic mass is 9.80. The van der Waals surface area contributed by atoms with Gasteiger partial charge in [0.25, 0.3) is 5.69 Å². The first-order chi connectivity index (χ1) is 34.0. The number of hydrogen-bond donors (Lipinski definition) is 1. The molecular formula is C61H76N4O6. The van der Waals surface area contributed by atoms with Crippen LogP contribution in [-0.2, 0) is 19.1 Å². The molecule has 0 fully saturated rings. The van der Waals surface area contributed by atoms with E-state index in [4.69, 9.17) is 9.47 Å². The molecule has 1 heterocycles. The third-order valence-electron chi connectivity index (χ3n) is 14.5. The first kappa shape index (κ1) is 54.0. The summed E-state index contributed by atoms with van der Waals surface area (Å²) < 4.78 is 13.3. The van der Waals surface area contributed by atoms with Gasteiger partial charge in [0.2, 0.25) is 0 Å². The molecule has 10 nitrogen and oxygen atoms in total. The minimum Gasteiger partial charge on any atom is -0.455 e. The lowest BCUT2D eigenvalue weighted by Gasteiger charge is -2.42. The van der Waals surface area contributed by atoms with Crippen LogP contribution in [0, 0.1) is 10.1 Å². The molecule has 5 aromatic carbocycles. The number of benzene rings is 5. The summed E-state index contributed by atoms with van der Waals surface area (Å²) in [5, 5.41) is 15.6. The van der Waals surface area contributed by atoms with Crippen LogP contribution < -0.4 is 5.32 Å². The van der Waals surface area contributed by atoms with Gasteiger partial charge in [-0.05, 0) is 122 Å². The van der Waals surface area contributed by atoms with Gasteiger partial charge in [-0.1, -0.05) is 160 Å². The summed E-state index contributed by atoms with van der Waals surface area (Å²) in [5.41, 5.74) is 4.66. The fourth-order valence-corrected chi connectivity index (χ4v) is 10.9. The molecule has 0 amide bonds. The number of nitro groups is 1. The Morgan fingerprint density at radius 3 is 1.25 bits per heavy atom. The van der Waals surface area contributed by atoms with Gasteiger partial charge in [-0.15, -0.1) is 0 Å². The van der Waals surface area contributed by atoms with Gasteiger partial charge in [0, 0.05) is 47.4 Å². The topological polar surface area (TPSA) is 114 Å². The van der Waals surface area contributed by atoms with E-state index in [2.05, 4.69) is 140 Å². The number of nitrogens with one attached hydrogen (secondary N) is 1. The average molecular weight is 961 g/mol. The molecule has 10 heteroatoms. The van der Waals surface area contributed by atoms with Crippen molar-refractivity contribution in [3.8, 4) is 0 Å². The SMILES string of the molecule is CCCC(N(C)CCC(c1ccccc1)c1ccccc1)C(C)(C)OC(=O)C1=C(C)NC(C)=C(C(=O)OC(C)(C)C(CCC)N(C)CCC(c2ccccc2)c2ccccc2)C1c1cccc([N+](=O)[O-])c1. The van der Waals surface area contributed by atoms with Crippen molar-refractivity contribution in [1.82, 2.24) is 15.1 Å². The number of hydrogen-bond acceptors (Lipinski definition) is 9. The van der Waals surface area contributed by atoms with Crippen molar-refractivity contribution in [3.63, 3.8) is 0 Å². The van der Waals surface area contributed by atoms with Crippen LogP contribution in [0.3, 0.4) is 0 Å². The van der Waals surface area contributed by atoms with Crippen LogP contribution in [0.5, 0.6) is 0 Å². The Bertz CT molecular complexity index is 2370. The number of nitro benzene ring substituents is 1. The third-order valence-corrected chi connectivity index (χ3v) is 14.5. The van der Waals surface area contributed by atoms with Crippen LogP contribution in [0.15, 0.2) is 168 Å². The van der Waals surface area contributed by atoms with Gasteiger partial charge in [-0.2, -0.15) is 0 Å². The Hall–Kier alpha value is -6.36. The second-order valence-corrected chi connectivity index (χ2v) is 20.4. The van der Waals surface area contributed by atoms with Gasteiger partial charge < -0.3 is 14.8 Å². The number of dihydropyridines is 1. The molecule has 5 aromatic rings. The number of likely N-dealkylation sites (N-methyl/N-ethyl adjacent to an activating group) is 2. The summed E-state index contributed by atoms with van der Waals surface area (Å²) in [6.07, 6.45) is 4.95. The van der Waals surface area contributed by atoms with E-state index < -0.39 is 34.0 Å². The first-order valence-corrected chi connectivity index (χ1v) is 25.5. The molecule has 71 heavy (non-hydrogen) atoms. The third kappa shape index (κ3) is 13.5. The van der Waals surface area contributed by atoms with E-state index in [9.17, 15) is 10.1 Å². The van der Waals surface area contributed by atoms with Gasteiger partial charge in [0.15, 0.2) is 0 Å². The quantitative estimate of drug-likeness (QED) is 0.0367. The molecule has 0 saturated carbocycles. The summed E-state index contributed by atoms with van der Waals surface area (Å²) >= 11 is 0. The lowest BCUT2D eigenvalue weighted by molar-refractivity contribution is -0.384. The van der Waals surface area contributed by atoms with E-state index >= 15 is 9.59 Å². The Labute approximate surface area is 423 Å². The summed E-state index contributed by atoms with van der Waals surface area (Å²) in [4.78, 5) is 46.6. The minimum absolute atomic E-state index is 0.152. The number of ether oxygens (including phenoxy) is 2. The fraction of sp³-hybridized carbons (Fsp3) is 0.410. The highest BCUT2D eigenvalue weighted by atomic mass is 16.6. The van der Waals surface area contributed by atoms with Crippen LogP contribution in [0.2, 0.25) is 0 Å². The Kier molecular flexibility index (Phi) is 18.7. The maximum atomic E-state index is 15.1. The van der Waals surface area contributed by atoms with Crippen LogP contribution >= 0.6 is 0 Å². The number of esters is 2. The van der Waals surface area contributed by atoms with E-state index in [1.165, 1.54) is 34.4 Å². The molecule has 0 spiro atoms. The summed E-state index contributed by atoms with van der Waals surface area (Å²) in [5.74, 6) is -1.89. The molecule has 0 aliphatic carbocycles. The highest BCUT2D eigenvalue weighted by Gasteiger charge is 2.45. The minimum atomic E-state index is -1.03. The number of nitrogens with zero attached hydrogens (tertiary/aromatic N) is 3. The fourth-order valence-electron chi connectivity index (χ4n) is 10.9. The van der Waals surface area contributed by atoms with Gasteiger partial charge >= 0.3 is 11.9 Å². The van der Waals surface area contributed by atoms with Crippen molar-refractivity contribution in [2.75, 3.05) is 27.2 Å². The highest BCUT2D eigenvalue weighted by Crippen LogP contribution is 2.43. The van der Waals surface area contributed by atoms with E-state index in [1.54, 1.807) is 26.0 Å². The molecule has 0 saturated heterocycles. The molecule has 2 atom stereocenters. The van der Waals surface area contributed by atoms with E-state index in [0.29, 0.717) is 17.0 Å². The number of carbonyl (C=O) groups excluding carboxylic acids is 2. The monoisotopic (exact) mass is 961 g/mol. The summed E-state index contributed by atoms with van der Waals surface area (Å²) in [6.45, 7) is 17.1. The van der Waals surface area contributed by atoms with E-state index in [-0.39, 0.29) is 40.8 Å². The van der Waals surface area contributed by atoms with Crippen LogP contribution in [0.25, 0.3) is 0 Å². The highest BCUT2D eigenvalue weighted by molar-refractivity contribution is 6.00. The molecule has 1 N–H and O–H groups in total. The van der Waals surface area contributed by atoms with Crippen LogP contribution in [-0.4, -0.2) is 77.1 Å². The zero-order valence-corrected chi connectivity index (χ0v) is 43.7. The van der Waals surface area contributed by atoms with Gasteiger partial charge in [0.05, 0.1) is 22.0 Å². The second-order valence-electron chi connectivity index (χ2n) is 20.4. The van der Waals surface area contributed by atoms with Crippen LogP contribution in [0.1, 0.15) is 139 Å². The van der Waals surface area contributed by atoms with Gasteiger partial charge in [-0.25, -0.2) is 9.59 Å². The maximum Gasteiger partial charge on any atom is 0.337 e. The largest absolute Gasteiger partial charge is 0.455 e. The molecular weight excluding hydrogens is 885 g/mol. The van der Waals surface area contributed by atoms with E-state index in [1.807, 2.05) is 52.0 Å². The number of rotatable bonds is 24. The molecule has 0 bridgehead atoms. The Morgan fingerprint density at radius 2 is 0.930 bits per heavy atom. The van der Waals surface area contributed by atoms with Crippen molar-refractivity contribution in [2.45, 2.75) is 135 Å². The molecule has 1 aliphatic heterocycles. The predicted octanol–water partition coefficient (Wildman–Crippen LogP) is 13.1. The maximum absolute atomic E-state index is 15.1. The molecule has 0 aromatic heterocycles. The van der Waals surface area contributed by atoms with Crippen molar-refractivity contribution in [1.29, 1.82) is 0 Å². The summed E-state index contributed by atoms with van der Waals surface area (Å²) in [7, 11) is 4.19. The standard InChI is InChI=1S/C61H76N4O6/c1-11-26-53(63(9)40-38-51(45-28-17-13-18-29-45)46-30-19-14-20-31-46)60(5,6)70-58(66)55-43(3)62-44(4)56(57(55)49-36-25-37-50(42-49)65(68)69)59(67)71-61(7,8)54(27-12-2)64(10)41-39-52(47-32-21-15-22-33-47)48-34-23-16-24-35-48/h13-25,28-37,42,51-54,57,62H,11-12,26-27,38-41H2,1-10H3. The van der Waals surface area contributed by atoms with E-state index in [0.717, 1.165) is 51.6 Å². The van der Waals surface area contributed by atoms with Crippen molar-refractivity contribution >= 4 is 17.6 Å². The second kappa shape index (κ2) is 24.7. The molecule has 1 aliphatic rings. The normalized spacial score (nSPS) is 15.3. The van der Waals surface area contributed by atoms with Gasteiger partial charge in [-0.3, -0.25) is 19.9 Å². The first-order valence-electron chi connectivity index (χ1n) is 25.5. The van der Waals surface area contributed by atoms with Crippen LogP contribution in [0.4, 0.5) is 5.69 Å². The smallest absolute Gasteiger partial charge is 0.337 e. The number of non-ortho nitro benzene ring substituents is 1. The van der Waals surface area contributed by atoms with Gasteiger partial charge in [0.1, 0.15) is 11.2 Å². The zero-order valence-electron chi connectivity index (χ0n) is 43.7. The van der Waals surface area contributed by atoms with Crippen molar-refractivity contribution in [2.24, 2.45) is 0 Å². The molecule has 6 rings (SSSR count). The van der Waals surface area contributed by atoms with Crippen molar-refractivity contribution < 1.29 is 24.0 Å². The van der Waals surface area contributed by atoms with Crippen molar-refractivity contribution in [3.05, 3.63) is 206 Å². The number of carbonyl (C=O) groups is 2. The average Bonchev–Trinajstić information content (AvgIpc) is 3.35. The Morgan fingerprint density at radius 1 is 0.577 bits per heavy atom. The molecule has 376 valence electrons. The number of allylic oxidation sites excluding steroid dienone is 2. The predicted molar refractivity (Wildman–Crippen MR) is 286 cm³/mol. The Balaban J connectivity index is 1.27. The molecule has 2 unspecified atom stereocenters. The lowest BCUT2D eigenvalue weighted by Crippen LogP contribution is -2.52. The molecule has 0 radical (unpaired) electrons.